The van der Waals surface area contributed by atoms with E-state index in [0.717, 1.165) is 18.4 Å². The first kappa shape index (κ1) is 29.1. The number of aromatic nitrogens is 2. The minimum absolute atomic E-state index is 0.0156. The van der Waals surface area contributed by atoms with Crippen LogP contribution < -0.4 is 9.64 Å². The molecule has 1 saturated heterocycles. The van der Waals surface area contributed by atoms with Gasteiger partial charge in [0, 0.05) is 21.4 Å². The SMILES string of the molecule is CCCCOc1ccc(C2/C(=C(/O)c3ccccc3)C(=O)C(=O)N2c2nnc(SCc3ccc(Cl)cc3Cl)s2)cc1. The Morgan fingerprint density at radius 3 is 2.51 bits per heavy atom. The molecule has 41 heavy (non-hydrogen) atoms. The van der Waals surface area contributed by atoms with Crippen molar-refractivity contribution in [1.29, 1.82) is 0 Å². The van der Waals surface area contributed by atoms with E-state index in [1.807, 2.05) is 12.1 Å². The van der Waals surface area contributed by atoms with Gasteiger partial charge in [-0.15, -0.1) is 10.2 Å². The molecule has 1 unspecified atom stereocenters. The number of aliphatic hydroxyl groups excluding tert-OH is 1. The number of Topliss-reactive ketones (excluding diaryl/α,β-unsaturated/α-hetero) is 1. The number of nitrogens with zero attached hydrogens (tertiary/aromatic N) is 3. The van der Waals surface area contributed by atoms with Crippen molar-refractivity contribution in [3.8, 4) is 5.75 Å². The van der Waals surface area contributed by atoms with E-state index in [2.05, 4.69) is 17.1 Å². The Labute approximate surface area is 255 Å². The summed E-state index contributed by atoms with van der Waals surface area (Å²) in [5.74, 6) is -0.643. The summed E-state index contributed by atoms with van der Waals surface area (Å²) in [6.07, 6.45) is 1.95. The maximum atomic E-state index is 13.5. The number of hydrogen-bond acceptors (Lipinski definition) is 8. The minimum Gasteiger partial charge on any atom is -0.507 e. The molecule has 1 atom stereocenters. The predicted molar refractivity (Wildman–Crippen MR) is 164 cm³/mol. The van der Waals surface area contributed by atoms with E-state index in [1.165, 1.54) is 28.0 Å². The number of aliphatic hydroxyl groups is 1. The van der Waals surface area contributed by atoms with E-state index in [-0.39, 0.29) is 16.5 Å². The van der Waals surface area contributed by atoms with Crippen LogP contribution in [0.5, 0.6) is 5.75 Å². The summed E-state index contributed by atoms with van der Waals surface area (Å²) < 4.78 is 6.39. The normalized spacial score (nSPS) is 16.4. The van der Waals surface area contributed by atoms with Crippen molar-refractivity contribution in [1.82, 2.24) is 10.2 Å². The third-order valence-electron chi connectivity index (χ3n) is 6.42. The molecule has 210 valence electrons. The molecule has 1 aromatic heterocycles. The van der Waals surface area contributed by atoms with Crippen LogP contribution in [0.2, 0.25) is 10.0 Å². The fourth-order valence-corrected chi connectivity index (χ4v) is 6.74. The Balaban J connectivity index is 1.49. The molecule has 5 rings (SSSR count). The molecule has 11 heteroatoms. The number of anilines is 1. The Hall–Kier alpha value is -3.37. The van der Waals surface area contributed by atoms with Crippen LogP contribution in [-0.2, 0) is 15.3 Å². The summed E-state index contributed by atoms with van der Waals surface area (Å²) >= 11 is 14.9. The average Bonchev–Trinajstić information content (AvgIpc) is 3.55. The molecule has 1 fully saturated rings. The third-order valence-corrected chi connectivity index (χ3v) is 9.11. The number of ketones is 1. The highest BCUT2D eigenvalue weighted by molar-refractivity contribution is 8.00. The predicted octanol–water partition coefficient (Wildman–Crippen LogP) is 7.94. The van der Waals surface area contributed by atoms with Gasteiger partial charge in [-0.25, -0.2) is 0 Å². The van der Waals surface area contributed by atoms with Crippen molar-refractivity contribution in [2.24, 2.45) is 0 Å². The van der Waals surface area contributed by atoms with Crippen LogP contribution in [0.15, 0.2) is 82.7 Å². The smallest absolute Gasteiger partial charge is 0.301 e. The third kappa shape index (κ3) is 6.43. The van der Waals surface area contributed by atoms with Gasteiger partial charge in [-0.1, -0.05) is 108 Å². The standard InChI is InChI=1S/C30H25Cl2N3O4S2/c1-2-3-15-39-22-13-10-18(11-14-22)25-24(26(36)19-7-5-4-6-8-19)27(37)28(38)35(25)29-33-34-30(41-29)40-17-20-9-12-21(31)16-23(20)32/h4-14,16,25,36H,2-3,15,17H2,1H3/b26-24-. The molecular formula is C30H25Cl2N3O4S2. The Morgan fingerprint density at radius 1 is 1.05 bits per heavy atom. The summed E-state index contributed by atoms with van der Waals surface area (Å²) in [5, 5.41) is 21.1. The molecule has 3 aromatic carbocycles. The van der Waals surface area contributed by atoms with Gasteiger partial charge in [0.05, 0.1) is 18.2 Å². The molecule has 7 nitrogen and oxygen atoms in total. The van der Waals surface area contributed by atoms with Gasteiger partial charge in [-0.05, 0) is 41.8 Å². The number of unbranched alkanes of at least 4 members (excludes halogenated alkanes) is 1. The number of halogens is 2. The summed E-state index contributed by atoms with van der Waals surface area (Å²) in [7, 11) is 0. The number of ether oxygens (including phenoxy) is 1. The van der Waals surface area contributed by atoms with Crippen LogP contribution in [0.25, 0.3) is 5.76 Å². The molecule has 1 aliphatic heterocycles. The Morgan fingerprint density at radius 2 is 1.80 bits per heavy atom. The zero-order chi connectivity index (χ0) is 28.9. The second kappa shape index (κ2) is 13.1. The number of amides is 1. The fourth-order valence-electron chi connectivity index (χ4n) is 4.31. The highest BCUT2D eigenvalue weighted by Gasteiger charge is 2.48. The first-order valence-corrected chi connectivity index (χ1v) is 15.4. The number of carbonyl (C=O) groups is 2. The van der Waals surface area contributed by atoms with E-state index in [4.69, 9.17) is 27.9 Å². The summed E-state index contributed by atoms with van der Waals surface area (Å²) in [5.41, 5.74) is 1.92. The second-order valence-electron chi connectivity index (χ2n) is 9.18. The maximum Gasteiger partial charge on any atom is 0.301 e. The van der Waals surface area contributed by atoms with Crippen LogP contribution in [0.1, 0.15) is 42.5 Å². The number of rotatable bonds is 10. The molecule has 2 heterocycles. The van der Waals surface area contributed by atoms with E-state index in [0.29, 0.717) is 43.6 Å². The zero-order valence-electron chi connectivity index (χ0n) is 21.9. The van der Waals surface area contributed by atoms with Crippen molar-refractivity contribution in [3.05, 3.63) is 105 Å². The minimum atomic E-state index is -0.906. The van der Waals surface area contributed by atoms with Gasteiger partial charge in [0.1, 0.15) is 11.5 Å². The van der Waals surface area contributed by atoms with E-state index < -0.39 is 17.7 Å². The van der Waals surface area contributed by atoms with Crippen LogP contribution >= 0.6 is 46.3 Å². The summed E-state index contributed by atoms with van der Waals surface area (Å²) in [6.45, 7) is 2.68. The second-order valence-corrected chi connectivity index (χ2v) is 12.2. The zero-order valence-corrected chi connectivity index (χ0v) is 25.1. The van der Waals surface area contributed by atoms with Crippen LogP contribution in [0.4, 0.5) is 5.13 Å². The van der Waals surface area contributed by atoms with Crippen LogP contribution in [0.3, 0.4) is 0 Å². The van der Waals surface area contributed by atoms with Crippen molar-refractivity contribution in [3.63, 3.8) is 0 Å². The first-order chi connectivity index (χ1) is 19.9. The van der Waals surface area contributed by atoms with Crippen LogP contribution in [0, 0.1) is 0 Å². The van der Waals surface area contributed by atoms with Gasteiger partial charge < -0.3 is 9.84 Å². The van der Waals surface area contributed by atoms with Gasteiger partial charge in [0.15, 0.2) is 4.34 Å². The lowest BCUT2D eigenvalue weighted by Gasteiger charge is -2.22. The lowest BCUT2D eigenvalue weighted by molar-refractivity contribution is -0.132. The molecule has 1 aliphatic rings. The molecule has 0 aliphatic carbocycles. The van der Waals surface area contributed by atoms with Crippen LogP contribution in [-0.4, -0.2) is 33.6 Å². The monoisotopic (exact) mass is 625 g/mol. The molecule has 1 amide bonds. The largest absolute Gasteiger partial charge is 0.507 e. The lowest BCUT2D eigenvalue weighted by atomic mass is 9.95. The molecule has 0 radical (unpaired) electrons. The van der Waals surface area contributed by atoms with Crippen molar-refractivity contribution < 1.29 is 19.4 Å². The quantitative estimate of drug-likeness (QED) is 0.0477. The lowest BCUT2D eigenvalue weighted by Crippen LogP contribution is -2.29. The van der Waals surface area contributed by atoms with E-state index in [9.17, 15) is 14.7 Å². The van der Waals surface area contributed by atoms with Gasteiger partial charge in [-0.3, -0.25) is 14.5 Å². The van der Waals surface area contributed by atoms with E-state index in [1.54, 1.807) is 60.7 Å². The number of thioether (sulfide) groups is 1. The highest BCUT2D eigenvalue weighted by Crippen LogP contribution is 2.44. The topological polar surface area (TPSA) is 92.6 Å². The van der Waals surface area contributed by atoms with Crippen molar-refractivity contribution in [2.75, 3.05) is 11.5 Å². The van der Waals surface area contributed by atoms with E-state index >= 15 is 0 Å². The fraction of sp³-hybridized carbons (Fsp3) is 0.200. The number of benzene rings is 3. The summed E-state index contributed by atoms with van der Waals surface area (Å²) in [4.78, 5) is 28.2. The molecule has 0 saturated carbocycles. The molecular weight excluding hydrogens is 601 g/mol. The molecule has 0 bridgehead atoms. The van der Waals surface area contributed by atoms with Gasteiger partial charge >= 0.3 is 5.91 Å². The Kier molecular flexibility index (Phi) is 9.29. The number of hydrogen-bond donors (Lipinski definition) is 1. The first-order valence-electron chi connectivity index (χ1n) is 12.9. The van der Waals surface area contributed by atoms with Gasteiger partial charge in [0.2, 0.25) is 5.13 Å². The highest BCUT2D eigenvalue weighted by atomic mass is 35.5. The van der Waals surface area contributed by atoms with Gasteiger partial charge in [0.25, 0.3) is 5.78 Å². The summed E-state index contributed by atoms with van der Waals surface area (Å²) in [6, 6.07) is 20.2. The number of carbonyl (C=O) groups excluding carboxylic acids is 2. The molecule has 0 spiro atoms. The van der Waals surface area contributed by atoms with Gasteiger partial charge in [-0.2, -0.15) is 0 Å². The van der Waals surface area contributed by atoms with Crippen molar-refractivity contribution >= 4 is 68.9 Å². The maximum absolute atomic E-state index is 13.5. The Bertz CT molecular complexity index is 1590. The molecule has 4 aromatic rings. The van der Waals surface area contributed by atoms with Crippen molar-refractivity contribution in [2.45, 2.75) is 35.9 Å². The molecule has 1 N–H and O–H groups in total. The average molecular weight is 627 g/mol.